The largest absolute Gasteiger partial charge is 0.497 e. The van der Waals surface area contributed by atoms with Crippen LogP contribution in [0.4, 0.5) is 10.1 Å². The molecule has 38 heavy (non-hydrogen) atoms. The Bertz CT molecular complexity index is 1720. The van der Waals surface area contributed by atoms with Crippen LogP contribution < -0.4 is 29.7 Å². The van der Waals surface area contributed by atoms with Crippen LogP contribution in [0.25, 0.3) is 6.08 Å². The Morgan fingerprint density at radius 3 is 2.47 bits per heavy atom. The van der Waals surface area contributed by atoms with Crippen molar-refractivity contribution in [2.24, 2.45) is 4.99 Å². The number of methoxy groups -OCH3 is 2. The molecule has 0 spiro atoms. The number of anilines is 1. The van der Waals surface area contributed by atoms with Crippen molar-refractivity contribution in [3.8, 4) is 11.5 Å². The van der Waals surface area contributed by atoms with E-state index >= 15 is 0 Å². The van der Waals surface area contributed by atoms with Gasteiger partial charge in [0.1, 0.15) is 17.3 Å². The summed E-state index contributed by atoms with van der Waals surface area (Å²) in [6, 6.07) is 19.3. The summed E-state index contributed by atoms with van der Waals surface area (Å²) >= 11 is 1.20. The molecule has 7 nitrogen and oxygen atoms in total. The van der Waals surface area contributed by atoms with E-state index in [1.807, 2.05) is 18.2 Å². The second-order valence-electron chi connectivity index (χ2n) is 8.56. The minimum atomic E-state index is -0.801. The molecule has 9 heteroatoms. The molecule has 3 aromatic carbocycles. The van der Waals surface area contributed by atoms with Gasteiger partial charge in [-0.3, -0.25) is 14.2 Å². The van der Waals surface area contributed by atoms with Gasteiger partial charge in [0, 0.05) is 11.3 Å². The van der Waals surface area contributed by atoms with Gasteiger partial charge in [0.25, 0.3) is 11.5 Å². The van der Waals surface area contributed by atoms with E-state index in [9.17, 15) is 14.0 Å². The summed E-state index contributed by atoms with van der Waals surface area (Å²) in [4.78, 5) is 32.5. The lowest BCUT2D eigenvalue weighted by Gasteiger charge is -2.25. The van der Waals surface area contributed by atoms with Crippen LogP contribution >= 0.6 is 11.3 Å². The van der Waals surface area contributed by atoms with Crippen molar-refractivity contribution in [1.29, 1.82) is 0 Å². The first-order valence-corrected chi connectivity index (χ1v) is 12.6. The molecule has 2 heterocycles. The number of rotatable bonds is 6. The molecule has 5 rings (SSSR count). The van der Waals surface area contributed by atoms with Crippen molar-refractivity contribution in [3.05, 3.63) is 121 Å². The number of para-hydroxylation sites is 1. The van der Waals surface area contributed by atoms with E-state index in [1.165, 1.54) is 28.0 Å². The monoisotopic (exact) mass is 529 g/mol. The topological polar surface area (TPSA) is 81.9 Å². The van der Waals surface area contributed by atoms with Gasteiger partial charge in [-0.1, -0.05) is 41.7 Å². The third-order valence-electron chi connectivity index (χ3n) is 6.21. The fraction of sp³-hybridized carbons (Fsp3) is 0.138. The van der Waals surface area contributed by atoms with Crippen molar-refractivity contribution < 1.29 is 18.7 Å². The van der Waals surface area contributed by atoms with Crippen molar-refractivity contribution in [2.45, 2.75) is 13.0 Å². The van der Waals surface area contributed by atoms with Crippen molar-refractivity contribution >= 4 is 29.0 Å². The zero-order chi connectivity index (χ0) is 26.8. The fourth-order valence-corrected chi connectivity index (χ4v) is 5.42. The van der Waals surface area contributed by atoms with Crippen molar-refractivity contribution in [3.63, 3.8) is 0 Å². The van der Waals surface area contributed by atoms with Crippen molar-refractivity contribution in [2.75, 3.05) is 19.5 Å². The molecule has 0 unspecified atom stereocenters. The van der Waals surface area contributed by atoms with E-state index < -0.39 is 17.8 Å². The predicted octanol–water partition coefficient (Wildman–Crippen LogP) is 4.03. The van der Waals surface area contributed by atoms with Crippen LogP contribution in [0.5, 0.6) is 11.5 Å². The summed E-state index contributed by atoms with van der Waals surface area (Å²) < 4.78 is 26.5. The van der Waals surface area contributed by atoms with E-state index in [2.05, 4.69) is 10.3 Å². The van der Waals surface area contributed by atoms with Crippen molar-refractivity contribution in [1.82, 2.24) is 4.57 Å². The van der Waals surface area contributed by atoms with E-state index in [-0.39, 0.29) is 5.56 Å². The highest BCUT2D eigenvalue weighted by atomic mass is 32.1. The molecule has 1 atom stereocenters. The first kappa shape index (κ1) is 25.2. The Morgan fingerprint density at radius 2 is 1.79 bits per heavy atom. The van der Waals surface area contributed by atoms with E-state index in [1.54, 1.807) is 69.7 Å². The van der Waals surface area contributed by atoms with Crippen LogP contribution in [-0.2, 0) is 4.79 Å². The highest BCUT2D eigenvalue weighted by Crippen LogP contribution is 2.31. The molecule has 1 aliphatic rings. The average molecular weight is 530 g/mol. The zero-order valence-corrected chi connectivity index (χ0v) is 21.7. The van der Waals surface area contributed by atoms with Gasteiger partial charge in [-0.15, -0.1) is 0 Å². The fourth-order valence-electron chi connectivity index (χ4n) is 4.39. The maximum absolute atomic E-state index is 13.8. The van der Waals surface area contributed by atoms with Crippen LogP contribution in [-0.4, -0.2) is 24.7 Å². The first-order valence-electron chi connectivity index (χ1n) is 11.8. The number of carbonyl (C=O) groups is 1. The van der Waals surface area contributed by atoms with E-state index in [0.717, 1.165) is 0 Å². The molecule has 1 amide bonds. The van der Waals surface area contributed by atoms with Crippen LogP contribution in [0.15, 0.2) is 93.9 Å². The standard InChI is InChI=1S/C29H24FN3O4S/c1-17-25(27(34)32-21-7-5-4-6-8-21)26(18-9-11-20(30)12-10-18)33-28(35)24(38-29(33)31-17)16-19-15-22(36-2)13-14-23(19)37-3/h4-16,26H,1-3H3,(H,32,34)/b24-16-/t26-/m0/s1. The van der Waals surface area contributed by atoms with Gasteiger partial charge >= 0.3 is 0 Å². The third-order valence-corrected chi connectivity index (χ3v) is 7.19. The number of benzene rings is 3. The number of carbonyl (C=O) groups excluding carboxylic acids is 1. The van der Waals surface area contributed by atoms with Gasteiger partial charge < -0.3 is 14.8 Å². The average Bonchev–Trinajstić information content (AvgIpc) is 3.22. The summed E-state index contributed by atoms with van der Waals surface area (Å²) in [6.07, 6.45) is 1.72. The highest BCUT2D eigenvalue weighted by Gasteiger charge is 2.32. The molecular weight excluding hydrogens is 505 g/mol. The summed E-state index contributed by atoms with van der Waals surface area (Å²) in [6.45, 7) is 1.73. The maximum Gasteiger partial charge on any atom is 0.271 e. The molecule has 192 valence electrons. The normalized spacial score (nSPS) is 15.1. The van der Waals surface area contributed by atoms with E-state index in [4.69, 9.17) is 9.47 Å². The lowest BCUT2D eigenvalue weighted by molar-refractivity contribution is -0.113. The Labute approximate surface area is 221 Å². The number of amides is 1. The number of allylic oxidation sites excluding steroid dienone is 1. The van der Waals surface area contributed by atoms with E-state index in [0.29, 0.717) is 48.9 Å². The maximum atomic E-state index is 13.8. The SMILES string of the molecule is COc1ccc(OC)c(/C=c2\sc3n(c2=O)[C@@H](c2ccc(F)cc2)C(C(=O)Nc2ccccc2)=C(C)N=3)c1. The van der Waals surface area contributed by atoms with Gasteiger partial charge in [0.15, 0.2) is 4.80 Å². The highest BCUT2D eigenvalue weighted by molar-refractivity contribution is 7.07. The Kier molecular flexibility index (Phi) is 6.93. The molecular formula is C29H24FN3O4S. The molecule has 0 saturated heterocycles. The van der Waals surface area contributed by atoms with Gasteiger partial charge in [0.2, 0.25) is 0 Å². The minimum Gasteiger partial charge on any atom is -0.497 e. The smallest absolute Gasteiger partial charge is 0.271 e. The molecule has 0 fully saturated rings. The zero-order valence-electron chi connectivity index (χ0n) is 20.9. The molecule has 1 aromatic heterocycles. The Balaban J connectivity index is 1.69. The summed E-state index contributed by atoms with van der Waals surface area (Å²) in [7, 11) is 3.11. The lowest BCUT2D eigenvalue weighted by atomic mass is 9.95. The lowest BCUT2D eigenvalue weighted by Crippen LogP contribution is -2.40. The molecule has 0 bridgehead atoms. The van der Waals surface area contributed by atoms with Gasteiger partial charge in [0.05, 0.1) is 36.1 Å². The number of hydrogen-bond acceptors (Lipinski definition) is 6. The van der Waals surface area contributed by atoms with Crippen LogP contribution in [0, 0.1) is 5.82 Å². The molecule has 0 radical (unpaired) electrons. The molecule has 0 saturated carbocycles. The summed E-state index contributed by atoms with van der Waals surface area (Å²) in [5.74, 6) is 0.383. The van der Waals surface area contributed by atoms with Gasteiger partial charge in [-0.2, -0.15) is 0 Å². The number of thiazole rings is 1. The minimum absolute atomic E-state index is 0.304. The number of ether oxygens (including phenoxy) is 2. The molecule has 1 N–H and O–H groups in total. The van der Waals surface area contributed by atoms with Gasteiger partial charge in [-0.05, 0) is 61.0 Å². The number of fused-ring (bicyclic) bond motifs is 1. The predicted molar refractivity (Wildman–Crippen MR) is 145 cm³/mol. The second kappa shape index (κ2) is 10.5. The summed E-state index contributed by atoms with van der Waals surface area (Å²) in [5.41, 5.74) is 2.31. The number of halogens is 1. The third kappa shape index (κ3) is 4.76. The van der Waals surface area contributed by atoms with Crippen LogP contribution in [0.2, 0.25) is 0 Å². The Hall–Kier alpha value is -4.50. The Morgan fingerprint density at radius 1 is 1.05 bits per heavy atom. The summed E-state index contributed by atoms with van der Waals surface area (Å²) in [5, 5.41) is 2.90. The first-order chi connectivity index (χ1) is 18.4. The van der Waals surface area contributed by atoms with Crippen LogP contribution in [0.3, 0.4) is 0 Å². The molecule has 4 aromatic rings. The quantitative estimate of drug-likeness (QED) is 0.409. The number of aromatic nitrogens is 1. The van der Waals surface area contributed by atoms with Crippen LogP contribution in [0.1, 0.15) is 24.1 Å². The number of hydrogen-bond donors (Lipinski definition) is 1. The molecule has 0 aliphatic carbocycles. The number of nitrogens with one attached hydrogen (secondary N) is 1. The van der Waals surface area contributed by atoms with Gasteiger partial charge in [-0.25, -0.2) is 9.38 Å². The second-order valence-corrected chi connectivity index (χ2v) is 9.57. The number of nitrogens with zero attached hydrogens (tertiary/aromatic N) is 2. The molecule has 1 aliphatic heterocycles.